The predicted molar refractivity (Wildman–Crippen MR) is 65.4 cm³/mol. The molecule has 94 valence electrons. The van der Waals surface area contributed by atoms with E-state index < -0.39 is 0 Å². The Morgan fingerprint density at radius 1 is 1.17 bits per heavy atom. The third kappa shape index (κ3) is 1.93. The Morgan fingerprint density at radius 2 is 2.00 bits per heavy atom. The van der Waals surface area contributed by atoms with Crippen LogP contribution in [0.3, 0.4) is 0 Å². The highest BCUT2D eigenvalue weighted by atomic mass is 16.5. The van der Waals surface area contributed by atoms with E-state index in [4.69, 9.17) is 19.7 Å². The Balaban J connectivity index is 2.01. The summed E-state index contributed by atoms with van der Waals surface area (Å²) in [5, 5.41) is 3.77. The van der Waals surface area contributed by atoms with E-state index in [1.54, 1.807) is 6.20 Å². The zero-order valence-corrected chi connectivity index (χ0v) is 9.89. The molecule has 0 radical (unpaired) electrons. The van der Waals surface area contributed by atoms with Crippen LogP contribution in [-0.2, 0) is 6.54 Å². The molecule has 0 fully saturated rings. The molecule has 2 heterocycles. The SMILES string of the molecule is NCc1cnoc1-c1ccc2c(c1)OCCCO2. The van der Waals surface area contributed by atoms with E-state index in [2.05, 4.69) is 5.16 Å². The maximum absolute atomic E-state index is 5.64. The van der Waals surface area contributed by atoms with Crippen LogP contribution in [0.15, 0.2) is 28.9 Å². The number of rotatable bonds is 2. The summed E-state index contributed by atoms with van der Waals surface area (Å²) in [5.41, 5.74) is 7.42. The van der Waals surface area contributed by atoms with Gasteiger partial charge in [-0.05, 0) is 18.2 Å². The van der Waals surface area contributed by atoms with E-state index in [-0.39, 0.29) is 0 Å². The summed E-state index contributed by atoms with van der Waals surface area (Å²) in [7, 11) is 0. The lowest BCUT2D eigenvalue weighted by Gasteiger charge is -2.08. The lowest BCUT2D eigenvalue weighted by molar-refractivity contribution is 0.297. The quantitative estimate of drug-likeness (QED) is 0.877. The van der Waals surface area contributed by atoms with Gasteiger partial charge in [0.2, 0.25) is 0 Å². The predicted octanol–water partition coefficient (Wildman–Crippen LogP) is 1.96. The van der Waals surface area contributed by atoms with E-state index in [0.717, 1.165) is 29.0 Å². The second kappa shape index (κ2) is 4.70. The summed E-state index contributed by atoms with van der Waals surface area (Å²) in [6.45, 7) is 1.74. The van der Waals surface area contributed by atoms with Crippen molar-refractivity contribution >= 4 is 0 Å². The fraction of sp³-hybridized carbons (Fsp3) is 0.308. The molecule has 3 rings (SSSR count). The molecule has 1 aromatic carbocycles. The van der Waals surface area contributed by atoms with Gasteiger partial charge in [0.1, 0.15) is 0 Å². The standard InChI is InChI=1S/C13H14N2O3/c14-7-10-8-15-18-13(10)9-2-3-11-12(6-9)17-5-1-4-16-11/h2-3,6,8H,1,4-5,7,14H2. The van der Waals surface area contributed by atoms with Gasteiger partial charge < -0.3 is 19.7 Å². The number of nitrogens with two attached hydrogens (primary N) is 1. The average Bonchev–Trinajstić information content (AvgIpc) is 2.76. The Bertz CT molecular complexity index is 551. The average molecular weight is 246 g/mol. The van der Waals surface area contributed by atoms with Gasteiger partial charge >= 0.3 is 0 Å². The highest BCUT2D eigenvalue weighted by molar-refractivity contribution is 5.65. The molecular formula is C13H14N2O3. The van der Waals surface area contributed by atoms with Crippen molar-refractivity contribution in [3.05, 3.63) is 30.0 Å². The molecule has 18 heavy (non-hydrogen) atoms. The summed E-state index contributed by atoms with van der Waals surface area (Å²) in [5.74, 6) is 2.20. The third-order valence-electron chi connectivity index (χ3n) is 2.87. The molecule has 0 saturated carbocycles. The van der Waals surface area contributed by atoms with Crippen molar-refractivity contribution in [3.8, 4) is 22.8 Å². The van der Waals surface area contributed by atoms with Crippen molar-refractivity contribution in [2.45, 2.75) is 13.0 Å². The largest absolute Gasteiger partial charge is 0.490 e. The van der Waals surface area contributed by atoms with Crippen LogP contribution in [0, 0.1) is 0 Å². The van der Waals surface area contributed by atoms with Gasteiger partial charge in [0.05, 0.1) is 19.4 Å². The number of ether oxygens (including phenoxy) is 2. The molecule has 5 nitrogen and oxygen atoms in total. The minimum absolute atomic E-state index is 0.396. The van der Waals surface area contributed by atoms with E-state index in [0.29, 0.717) is 25.5 Å². The Labute approximate surface area is 104 Å². The van der Waals surface area contributed by atoms with Crippen LogP contribution in [0.4, 0.5) is 0 Å². The summed E-state index contributed by atoms with van der Waals surface area (Å²) >= 11 is 0. The lowest BCUT2D eigenvalue weighted by Crippen LogP contribution is -1.97. The van der Waals surface area contributed by atoms with Crippen molar-refractivity contribution < 1.29 is 14.0 Å². The van der Waals surface area contributed by atoms with Crippen LogP contribution in [0.5, 0.6) is 11.5 Å². The summed E-state index contributed by atoms with van der Waals surface area (Å²) in [6.07, 6.45) is 2.53. The first-order chi connectivity index (χ1) is 8.88. The molecule has 1 aromatic heterocycles. The first-order valence-electron chi connectivity index (χ1n) is 5.92. The molecular weight excluding hydrogens is 232 g/mol. The van der Waals surface area contributed by atoms with E-state index in [1.165, 1.54) is 0 Å². The molecule has 0 amide bonds. The van der Waals surface area contributed by atoms with Gasteiger partial charge in [-0.2, -0.15) is 0 Å². The van der Waals surface area contributed by atoms with Crippen molar-refractivity contribution in [3.63, 3.8) is 0 Å². The summed E-state index contributed by atoms with van der Waals surface area (Å²) < 4.78 is 16.5. The van der Waals surface area contributed by atoms with Gasteiger partial charge in [-0.1, -0.05) is 5.16 Å². The van der Waals surface area contributed by atoms with Gasteiger partial charge in [-0.3, -0.25) is 0 Å². The van der Waals surface area contributed by atoms with Gasteiger partial charge in [0.25, 0.3) is 0 Å². The lowest BCUT2D eigenvalue weighted by atomic mass is 10.1. The smallest absolute Gasteiger partial charge is 0.171 e. The van der Waals surface area contributed by atoms with Crippen molar-refractivity contribution in [2.24, 2.45) is 5.73 Å². The zero-order valence-electron chi connectivity index (χ0n) is 9.89. The first-order valence-corrected chi connectivity index (χ1v) is 5.92. The molecule has 0 saturated heterocycles. The summed E-state index contributed by atoms with van der Waals surface area (Å²) in [6, 6.07) is 5.71. The second-order valence-electron chi connectivity index (χ2n) is 4.10. The molecule has 1 aliphatic heterocycles. The molecule has 5 heteroatoms. The molecule has 0 unspecified atom stereocenters. The minimum atomic E-state index is 0.396. The number of fused-ring (bicyclic) bond motifs is 1. The van der Waals surface area contributed by atoms with Crippen molar-refractivity contribution in [1.82, 2.24) is 5.16 Å². The minimum Gasteiger partial charge on any atom is -0.490 e. The molecule has 2 aromatic rings. The molecule has 0 bridgehead atoms. The molecule has 1 aliphatic rings. The highest BCUT2D eigenvalue weighted by Gasteiger charge is 2.15. The topological polar surface area (TPSA) is 70.5 Å². The number of hydrogen-bond donors (Lipinski definition) is 1. The fourth-order valence-corrected chi connectivity index (χ4v) is 1.95. The third-order valence-corrected chi connectivity index (χ3v) is 2.87. The van der Waals surface area contributed by atoms with E-state index in [9.17, 15) is 0 Å². The molecule has 0 atom stereocenters. The maximum Gasteiger partial charge on any atom is 0.171 e. The molecule has 0 aliphatic carbocycles. The number of aromatic nitrogens is 1. The van der Waals surface area contributed by atoms with Crippen LogP contribution in [0.25, 0.3) is 11.3 Å². The van der Waals surface area contributed by atoms with Crippen LogP contribution >= 0.6 is 0 Å². The summed E-state index contributed by atoms with van der Waals surface area (Å²) in [4.78, 5) is 0. The van der Waals surface area contributed by atoms with Crippen LogP contribution in [-0.4, -0.2) is 18.4 Å². The fourth-order valence-electron chi connectivity index (χ4n) is 1.95. The van der Waals surface area contributed by atoms with Crippen LogP contribution < -0.4 is 15.2 Å². The Hall–Kier alpha value is -2.01. The van der Waals surface area contributed by atoms with E-state index >= 15 is 0 Å². The van der Waals surface area contributed by atoms with Gasteiger partial charge in [-0.25, -0.2) is 0 Å². The highest BCUT2D eigenvalue weighted by Crippen LogP contribution is 2.35. The number of nitrogens with zero attached hydrogens (tertiary/aromatic N) is 1. The normalized spacial score (nSPS) is 14.3. The molecule has 2 N–H and O–H groups in total. The second-order valence-corrected chi connectivity index (χ2v) is 4.10. The maximum atomic E-state index is 5.64. The van der Waals surface area contributed by atoms with Crippen LogP contribution in [0.2, 0.25) is 0 Å². The molecule has 0 spiro atoms. The van der Waals surface area contributed by atoms with Gasteiger partial charge in [0, 0.05) is 24.1 Å². The number of hydrogen-bond acceptors (Lipinski definition) is 5. The first kappa shape index (κ1) is 11.1. The zero-order chi connectivity index (χ0) is 12.4. The Morgan fingerprint density at radius 3 is 2.83 bits per heavy atom. The van der Waals surface area contributed by atoms with Gasteiger partial charge in [-0.15, -0.1) is 0 Å². The number of benzene rings is 1. The van der Waals surface area contributed by atoms with Crippen molar-refractivity contribution in [1.29, 1.82) is 0 Å². The Kier molecular flexibility index (Phi) is 2.90. The monoisotopic (exact) mass is 246 g/mol. The van der Waals surface area contributed by atoms with E-state index in [1.807, 2.05) is 18.2 Å². The van der Waals surface area contributed by atoms with Crippen molar-refractivity contribution in [2.75, 3.05) is 13.2 Å². The van der Waals surface area contributed by atoms with Crippen LogP contribution in [0.1, 0.15) is 12.0 Å². The van der Waals surface area contributed by atoms with Gasteiger partial charge in [0.15, 0.2) is 17.3 Å².